The van der Waals surface area contributed by atoms with Crippen molar-refractivity contribution < 1.29 is 0 Å². The van der Waals surface area contributed by atoms with E-state index in [0.717, 1.165) is 54.6 Å². The van der Waals surface area contributed by atoms with Crippen LogP contribution in [0.1, 0.15) is 35.5 Å². The second-order valence-corrected chi connectivity index (χ2v) is 7.95. The van der Waals surface area contributed by atoms with E-state index in [9.17, 15) is 0 Å². The first kappa shape index (κ1) is 15.3. The van der Waals surface area contributed by atoms with Crippen LogP contribution in [-0.4, -0.2) is 41.5 Å². The van der Waals surface area contributed by atoms with E-state index in [0.29, 0.717) is 5.82 Å². The fraction of sp³-hybridized carbons (Fsp3) is 0.647. The lowest BCUT2D eigenvalue weighted by molar-refractivity contribution is 0.308. The van der Waals surface area contributed by atoms with Gasteiger partial charge in [0, 0.05) is 11.4 Å². The van der Waals surface area contributed by atoms with Crippen LogP contribution in [0.15, 0.2) is 0 Å². The van der Waals surface area contributed by atoms with Crippen molar-refractivity contribution in [3.8, 4) is 0 Å². The first-order valence-corrected chi connectivity index (χ1v) is 9.50. The van der Waals surface area contributed by atoms with Gasteiger partial charge in [-0.3, -0.25) is 4.90 Å². The predicted molar refractivity (Wildman–Crippen MR) is 95.8 cm³/mol. The molecule has 1 aliphatic carbocycles. The average molecular weight is 331 g/mol. The number of thiophene rings is 1. The number of likely N-dealkylation sites (tertiary alicyclic amines) is 1. The molecule has 0 saturated carbocycles. The Bertz CT molecular complexity index is 711. The smallest absolute Gasteiger partial charge is 0.146 e. The molecule has 4 rings (SSSR count). The van der Waals surface area contributed by atoms with E-state index >= 15 is 0 Å². The van der Waals surface area contributed by atoms with Crippen LogP contribution in [0.25, 0.3) is 10.2 Å². The van der Waals surface area contributed by atoms with Crippen LogP contribution in [0.2, 0.25) is 0 Å². The maximum Gasteiger partial charge on any atom is 0.146 e. The molecule has 3 heterocycles. The number of anilines is 1. The minimum Gasteiger partial charge on any atom is -0.383 e. The third-order valence-corrected chi connectivity index (χ3v) is 6.30. The third-order valence-electron chi connectivity index (χ3n) is 5.12. The average Bonchev–Trinajstić information content (AvgIpc) is 3.11. The van der Waals surface area contributed by atoms with E-state index < -0.39 is 0 Å². The molecule has 1 unspecified atom stereocenters. The van der Waals surface area contributed by atoms with E-state index in [1.165, 1.54) is 36.1 Å². The lowest BCUT2D eigenvalue weighted by Gasteiger charge is -2.15. The maximum atomic E-state index is 6.30. The summed E-state index contributed by atoms with van der Waals surface area (Å²) in [5.41, 5.74) is 7.73. The van der Waals surface area contributed by atoms with E-state index in [1.54, 1.807) is 0 Å². The van der Waals surface area contributed by atoms with Gasteiger partial charge in [-0.15, -0.1) is 11.3 Å². The van der Waals surface area contributed by atoms with Crippen molar-refractivity contribution in [2.75, 3.05) is 32.4 Å². The number of aryl methyl sites for hydroxylation is 2. The highest BCUT2D eigenvalue weighted by molar-refractivity contribution is 7.19. The number of nitrogens with one attached hydrogen (secondary N) is 1. The quantitative estimate of drug-likeness (QED) is 0.899. The number of nitrogen functional groups attached to an aromatic ring is 1. The Morgan fingerprint density at radius 1 is 1.30 bits per heavy atom. The van der Waals surface area contributed by atoms with Gasteiger partial charge in [-0.1, -0.05) is 0 Å². The highest BCUT2D eigenvalue weighted by Crippen LogP contribution is 2.37. The molecule has 0 radical (unpaired) electrons. The molecule has 23 heavy (non-hydrogen) atoms. The van der Waals surface area contributed by atoms with Gasteiger partial charge in [0.25, 0.3) is 0 Å². The van der Waals surface area contributed by atoms with Crippen molar-refractivity contribution in [3.05, 3.63) is 16.3 Å². The van der Waals surface area contributed by atoms with E-state index in [-0.39, 0.29) is 0 Å². The fourth-order valence-electron chi connectivity index (χ4n) is 4.01. The summed E-state index contributed by atoms with van der Waals surface area (Å²) in [5.74, 6) is 2.32. The molecule has 1 aliphatic heterocycles. The summed E-state index contributed by atoms with van der Waals surface area (Å²) in [4.78, 5) is 14.5. The van der Waals surface area contributed by atoms with E-state index in [2.05, 4.69) is 15.2 Å². The SMILES string of the molecule is CNCC1CCN(Cc2nc(N)c3c4c(sc3n2)CCCC4)C1. The number of aromatic nitrogens is 2. The molecule has 2 aromatic heterocycles. The van der Waals surface area contributed by atoms with Crippen LogP contribution < -0.4 is 11.1 Å². The number of nitrogens with two attached hydrogens (primary N) is 1. The second kappa shape index (κ2) is 6.34. The molecular formula is C17H25N5S. The Balaban J connectivity index is 1.57. The van der Waals surface area contributed by atoms with E-state index in [4.69, 9.17) is 10.7 Å². The summed E-state index contributed by atoms with van der Waals surface area (Å²) < 4.78 is 0. The van der Waals surface area contributed by atoms with Crippen LogP contribution in [0.3, 0.4) is 0 Å². The molecule has 1 fully saturated rings. The van der Waals surface area contributed by atoms with Gasteiger partial charge in [-0.05, 0) is 63.7 Å². The maximum absolute atomic E-state index is 6.30. The van der Waals surface area contributed by atoms with Crippen molar-refractivity contribution in [1.82, 2.24) is 20.2 Å². The highest BCUT2D eigenvalue weighted by Gasteiger charge is 2.24. The minimum atomic E-state index is 0.690. The zero-order valence-electron chi connectivity index (χ0n) is 13.8. The summed E-state index contributed by atoms with van der Waals surface area (Å²) in [5, 5.41) is 4.42. The molecule has 2 aliphatic rings. The Kier molecular flexibility index (Phi) is 4.22. The van der Waals surface area contributed by atoms with Crippen molar-refractivity contribution in [1.29, 1.82) is 0 Å². The van der Waals surface area contributed by atoms with Gasteiger partial charge in [0.2, 0.25) is 0 Å². The Morgan fingerprint density at radius 3 is 3.04 bits per heavy atom. The lowest BCUT2D eigenvalue weighted by atomic mass is 9.97. The molecule has 3 N–H and O–H groups in total. The summed E-state index contributed by atoms with van der Waals surface area (Å²) >= 11 is 1.84. The minimum absolute atomic E-state index is 0.690. The number of fused-ring (bicyclic) bond motifs is 3. The molecule has 0 spiro atoms. The Hall–Kier alpha value is -1.24. The Morgan fingerprint density at radius 2 is 2.17 bits per heavy atom. The largest absolute Gasteiger partial charge is 0.383 e. The number of rotatable bonds is 4. The number of hydrogen-bond acceptors (Lipinski definition) is 6. The summed E-state index contributed by atoms with van der Waals surface area (Å²) in [6.45, 7) is 4.18. The van der Waals surface area contributed by atoms with Crippen molar-refractivity contribution in [3.63, 3.8) is 0 Å². The van der Waals surface area contributed by atoms with Gasteiger partial charge < -0.3 is 11.1 Å². The number of nitrogens with zero attached hydrogens (tertiary/aromatic N) is 3. The third kappa shape index (κ3) is 2.95. The first-order chi connectivity index (χ1) is 11.2. The summed E-state index contributed by atoms with van der Waals surface area (Å²) in [6.07, 6.45) is 6.14. The first-order valence-electron chi connectivity index (χ1n) is 8.68. The van der Waals surface area contributed by atoms with Crippen LogP contribution in [0.5, 0.6) is 0 Å². The molecule has 0 bridgehead atoms. The van der Waals surface area contributed by atoms with Gasteiger partial charge in [0.15, 0.2) is 0 Å². The topological polar surface area (TPSA) is 67.1 Å². The summed E-state index contributed by atoms with van der Waals surface area (Å²) in [7, 11) is 2.03. The molecule has 5 nitrogen and oxygen atoms in total. The van der Waals surface area contributed by atoms with E-state index in [1.807, 2.05) is 18.4 Å². The van der Waals surface area contributed by atoms with Gasteiger partial charge >= 0.3 is 0 Å². The molecule has 2 aromatic rings. The molecule has 124 valence electrons. The van der Waals surface area contributed by atoms with Crippen molar-refractivity contribution in [2.45, 2.75) is 38.6 Å². The fourth-order valence-corrected chi connectivity index (χ4v) is 5.30. The summed E-state index contributed by atoms with van der Waals surface area (Å²) in [6, 6.07) is 0. The molecule has 1 saturated heterocycles. The number of hydrogen-bond donors (Lipinski definition) is 2. The van der Waals surface area contributed by atoms with Crippen LogP contribution >= 0.6 is 11.3 Å². The molecule has 0 amide bonds. The monoisotopic (exact) mass is 331 g/mol. The zero-order valence-corrected chi connectivity index (χ0v) is 14.6. The highest BCUT2D eigenvalue weighted by atomic mass is 32.1. The van der Waals surface area contributed by atoms with Gasteiger partial charge in [-0.25, -0.2) is 9.97 Å². The molecule has 6 heteroatoms. The lowest BCUT2D eigenvalue weighted by Crippen LogP contribution is -2.25. The molecule has 1 atom stereocenters. The van der Waals surface area contributed by atoms with Crippen LogP contribution in [-0.2, 0) is 19.4 Å². The molecule has 0 aromatic carbocycles. The van der Waals surface area contributed by atoms with Crippen molar-refractivity contribution in [2.24, 2.45) is 5.92 Å². The van der Waals surface area contributed by atoms with Crippen molar-refractivity contribution >= 4 is 27.4 Å². The van der Waals surface area contributed by atoms with Gasteiger partial charge in [0.1, 0.15) is 16.5 Å². The van der Waals surface area contributed by atoms with Gasteiger partial charge in [0.05, 0.1) is 11.9 Å². The standard InChI is InChI=1S/C17H25N5S/c1-19-8-11-6-7-22(9-11)10-14-20-16(18)15-12-4-2-3-5-13(12)23-17(15)21-14/h11,19H,2-10H2,1H3,(H2,18,20,21). The van der Waals surface area contributed by atoms with Gasteiger partial charge in [-0.2, -0.15) is 0 Å². The van der Waals surface area contributed by atoms with Crippen LogP contribution in [0, 0.1) is 5.92 Å². The van der Waals surface area contributed by atoms with Crippen LogP contribution in [0.4, 0.5) is 5.82 Å². The second-order valence-electron chi connectivity index (χ2n) is 6.86. The normalized spacial score (nSPS) is 21.9. The zero-order chi connectivity index (χ0) is 15.8. The molecular weight excluding hydrogens is 306 g/mol. The predicted octanol–water partition coefficient (Wildman–Crippen LogP) is 2.19. The Labute approximate surface area is 141 Å².